The number of rotatable bonds is 4. The van der Waals surface area contributed by atoms with Crippen molar-refractivity contribution in [3.63, 3.8) is 0 Å². The molecule has 2 nitrogen and oxygen atoms in total. The molecule has 0 aliphatic heterocycles. The molecule has 0 radical (unpaired) electrons. The van der Waals surface area contributed by atoms with Crippen LogP contribution in [0.1, 0.15) is 62.6 Å². The van der Waals surface area contributed by atoms with Gasteiger partial charge < -0.3 is 5.73 Å². The predicted octanol–water partition coefficient (Wildman–Crippen LogP) is 4.04. The van der Waals surface area contributed by atoms with E-state index in [1.165, 1.54) is 49.7 Å². The first-order valence-corrected chi connectivity index (χ1v) is 8.13. The van der Waals surface area contributed by atoms with Crippen LogP contribution in [0, 0.1) is 6.92 Å². The molecule has 1 fully saturated rings. The molecule has 2 atom stereocenters. The summed E-state index contributed by atoms with van der Waals surface area (Å²) in [6, 6.07) is 10.1. The van der Waals surface area contributed by atoms with Gasteiger partial charge in [0.2, 0.25) is 0 Å². The summed E-state index contributed by atoms with van der Waals surface area (Å²) >= 11 is 0. The summed E-state index contributed by atoms with van der Waals surface area (Å²) in [7, 11) is 2.27. The lowest BCUT2D eigenvalue weighted by atomic mass is 9.95. The average molecular weight is 274 g/mol. The fraction of sp³-hybridized carbons (Fsp3) is 0.667. The van der Waals surface area contributed by atoms with E-state index >= 15 is 0 Å². The minimum atomic E-state index is 0.158. The Morgan fingerprint density at radius 2 is 1.60 bits per heavy atom. The molecule has 0 saturated heterocycles. The van der Waals surface area contributed by atoms with Crippen molar-refractivity contribution in [3.8, 4) is 0 Å². The molecule has 0 aromatic heterocycles. The molecule has 1 saturated carbocycles. The van der Waals surface area contributed by atoms with Gasteiger partial charge in [0.15, 0.2) is 0 Å². The fourth-order valence-electron chi connectivity index (χ4n) is 3.57. The summed E-state index contributed by atoms with van der Waals surface area (Å²) < 4.78 is 0. The molecule has 0 bridgehead atoms. The maximum absolute atomic E-state index is 6.31. The van der Waals surface area contributed by atoms with Crippen molar-refractivity contribution in [2.24, 2.45) is 5.73 Å². The van der Waals surface area contributed by atoms with Gasteiger partial charge in [0.05, 0.1) is 0 Å². The maximum Gasteiger partial charge on any atom is 0.0496 e. The van der Waals surface area contributed by atoms with Crippen LogP contribution in [0.3, 0.4) is 0 Å². The number of hydrogen-bond donors (Lipinski definition) is 1. The van der Waals surface area contributed by atoms with E-state index in [2.05, 4.69) is 50.1 Å². The monoisotopic (exact) mass is 274 g/mol. The second-order valence-electron chi connectivity index (χ2n) is 6.53. The number of likely N-dealkylation sites (N-methyl/N-ethyl adjacent to an activating group) is 1. The lowest BCUT2D eigenvalue weighted by Gasteiger charge is -2.37. The molecule has 2 rings (SSSR count). The molecule has 112 valence electrons. The molecule has 1 aliphatic carbocycles. The number of hydrogen-bond acceptors (Lipinski definition) is 2. The van der Waals surface area contributed by atoms with E-state index in [1.54, 1.807) is 0 Å². The molecule has 20 heavy (non-hydrogen) atoms. The largest absolute Gasteiger partial charge is 0.326 e. The van der Waals surface area contributed by atoms with E-state index in [9.17, 15) is 0 Å². The Morgan fingerprint density at radius 1 is 1.05 bits per heavy atom. The van der Waals surface area contributed by atoms with Gasteiger partial charge in [0.1, 0.15) is 0 Å². The highest BCUT2D eigenvalue weighted by atomic mass is 15.2. The molecule has 2 heteroatoms. The van der Waals surface area contributed by atoms with Crippen LogP contribution in [-0.2, 0) is 0 Å². The topological polar surface area (TPSA) is 29.3 Å². The zero-order chi connectivity index (χ0) is 14.5. The third-order valence-corrected chi connectivity index (χ3v) is 4.76. The van der Waals surface area contributed by atoms with Gasteiger partial charge in [-0.2, -0.15) is 0 Å². The Bertz CT molecular complexity index is 388. The van der Waals surface area contributed by atoms with Crippen molar-refractivity contribution in [1.82, 2.24) is 4.90 Å². The van der Waals surface area contributed by atoms with Crippen LogP contribution < -0.4 is 5.73 Å². The summed E-state index contributed by atoms with van der Waals surface area (Å²) in [6.45, 7) is 4.28. The van der Waals surface area contributed by atoms with Gasteiger partial charge in [-0.15, -0.1) is 0 Å². The Kier molecular flexibility index (Phi) is 5.62. The minimum absolute atomic E-state index is 0.158. The fourth-order valence-corrected chi connectivity index (χ4v) is 3.57. The van der Waals surface area contributed by atoms with E-state index in [1.807, 2.05) is 0 Å². The van der Waals surface area contributed by atoms with Gasteiger partial charge >= 0.3 is 0 Å². The Morgan fingerprint density at radius 3 is 2.10 bits per heavy atom. The standard InChI is InChI=1S/C18H30N2/c1-14-10-12-16(13-11-14)18(15(2)19)20(3)17-8-6-4-5-7-9-17/h10-13,15,17-18H,4-9,19H2,1-3H3. The molecule has 0 heterocycles. The highest BCUT2D eigenvalue weighted by molar-refractivity contribution is 5.25. The quantitative estimate of drug-likeness (QED) is 0.840. The van der Waals surface area contributed by atoms with E-state index in [0.717, 1.165) is 0 Å². The Hall–Kier alpha value is -0.860. The van der Waals surface area contributed by atoms with Crippen molar-refractivity contribution in [1.29, 1.82) is 0 Å². The third-order valence-electron chi connectivity index (χ3n) is 4.76. The maximum atomic E-state index is 6.31. The zero-order valence-electron chi connectivity index (χ0n) is 13.3. The van der Waals surface area contributed by atoms with E-state index in [0.29, 0.717) is 12.1 Å². The highest BCUT2D eigenvalue weighted by Gasteiger charge is 2.27. The minimum Gasteiger partial charge on any atom is -0.326 e. The van der Waals surface area contributed by atoms with Crippen LogP contribution in [0.2, 0.25) is 0 Å². The Labute approximate surface area is 124 Å². The van der Waals surface area contributed by atoms with Gasteiger partial charge in [-0.25, -0.2) is 0 Å². The van der Waals surface area contributed by atoms with Crippen LogP contribution in [0.25, 0.3) is 0 Å². The first kappa shape index (κ1) is 15.5. The average Bonchev–Trinajstić information content (AvgIpc) is 2.69. The molecule has 2 unspecified atom stereocenters. The SMILES string of the molecule is Cc1ccc(C(C(C)N)N(C)C2CCCCCC2)cc1. The normalized spacial score (nSPS) is 20.6. The molecular weight excluding hydrogens is 244 g/mol. The molecule has 2 N–H and O–H groups in total. The molecule has 1 aromatic carbocycles. The van der Waals surface area contributed by atoms with Crippen molar-refractivity contribution >= 4 is 0 Å². The summed E-state index contributed by atoms with van der Waals surface area (Å²) in [4.78, 5) is 2.54. The second-order valence-corrected chi connectivity index (χ2v) is 6.53. The predicted molar refractivity (Wildman–Crippen MR) is 86.8 cm³/mol. The van der Waals surface area contributed by atoms with Crippen molar-refractivity contribution in [3.05, 3.63) is 35.4 Å². The Balaban J connectivity index is 2.16. The first-order valence-electron chi connectivity index (χ1n) is 8.13. The van der Waals surface area contributed by atoms with E-state index in [-0.39, 0.29) is 6.04 Å². The lowest BCUT2D eigenvalue weighted by molar-refractivity contribution is 0.141. The van der Waals surface area contributed by atoms with Crippen molar-refractivity contribution < 1.29 is 0 Å². The lowest BCUT2D eigenvalue weighted by Crippen LogP contribution is -2.42. The molecule has 0 amide bonds. The van der Waals surface area contributed by atoms with E-state index < -0.39 is 0 Å². The zero-order valence-corrected chi connectivity index (χ0v) is 13.3. The van der Waals surface area contributed by atoms with E-state index in [4.69, 9.17) is 5.73 Å². The van der Waals surface area contributed by atoms with Gasteiger partial charge in [-0.05, 0) is 39.3 Å². The highest BCUT2D eigenvalue weighted by Crippen LogP contribution is 2.30. The summed E-state index contributed by atoms with van der Waals surface area (Å²) in [5.74, 6) is 0. The number of benzene rings is 1. The molecular formula is C18H30N2. The summed E-state index contributed by atoms with van der Waals surface area (Å²) in [5.41, 5.74) is 8.98. The second kappa shape index (κ2) is 7.24. The van der Waals surface area contributed by atoms with Gasteiger partial charge in [-0.3, -0.25) is 4.90 Å². The number of nitrogens with zero attached hydrogens (tertiary/aromatic N) is 1. The molecule has 0 spiro atoms. The van der Waals surface area contributed by atoms with Crippen LogP contribution in [0.4, 0.5) is 0 Å². The van der Waals surface area contributed by atoms with Gasteiger partial charge in [0, 0.05) is 18.1 Å². The molecule has 1 aliphatic rings. The molecule has 1 aromatic rings. The number of aryl methyl sites for hydroxylation is 1. The van der Waals surface area contributed by atoms with Crippen molar-refractivity contribution in [2.45, 2.75) is 70.5 Å². The van der Waals surface area contributed by atoms with Gasteiger partial charge in [0.25, 0.3) is 0 Å². The van der Waals surface area contributed by atoms with Crippen LogP contribution in [0.15, 0.2) is 24.3 Å². The smallest absolute Gasteiger partial charge is 0.0496 e. The first-order chi connectivity index (χ1) is 9.59. The van der Waals surface area contributed by atoms with Crippen LogP contribution in [0.5, 0.6) is 0 Å². The van der Waals surface area contributed by atoms with Crippen molar-refractivity contribution in [2.75, 3.05) is 7.05 Å². The number of nitrogens with two attached hydrogens (primary N) is 1. The summed E-state index contributed by atoms with van der Waals surface area (Å²) in [5, 5.41) is 0. The summed E-state index contributed by atoms with van der Waals surface area (Å²) in [6.07, 6.45) is 8.19. The van der Waals surface area contributed by atoms with Crippen LogP contribution in [-0.4, -0.2) is 24.0 Å². The third kappa shape index (κ3) is 3.83. The van der Waals surface area contributed by atoms with Crippen LogP contribution >= 0.6 is 0 Å². The van der Waals surface area contributed by atoms with Gasteiger partial charge in [-0.1, -0.05) is 55.5 Å².